The van der Waals surface area contributed by atoms with Gasteiger partial charge in [0.15, 0.2) is 0 Å². The van der Waals surface area contributed by atoms with Gasteiger partial charge in [-0.1, -0.05) is 0 Å². The van der Waals surface area contributed by atoms with Crippen molar-refractivity contribution in [3.05, 3.63) is 15.9 Å². The zero-order valence-electron chi connectivity index (χ0n) is 11.6. The fourth-order valence-electron chi connectivity index (χ4n) is 1.75. The lowest BCUT2D eigenvalue weighted by molar-refractivity contribution is -0.385. The summed E-state index contributed by atoms with van der Waals surface area (Å²) < 4.78 is 10.3. The molecule has 2 rings (SSSR count). The summed E-state index contributed by atoms with van der Waals surface area (Å²) in [5.74, 6) is 1.14. The molecule has 0 spiro atoms. The van der Waals surface area contributed by atoms with Crippen LogP contribution in [0.5, 0.6) is 5.88 Å². The van der Waals surface area contributed by atoms with Crippen LogP contribution < -0.4 is 10.1 Å². The first-order valence-corrected chi connectivity index (χ1v) is 6.59. The molecule has 0 radical (unpaired) electrons. The van der Waals surface area contributed by atoms with Crippen molar-refractivity contribution in [2.45, 2.75) is 25.7 Å². The summed E-state index contributed by atoms with van der Waals surface area (Å²) in [6, 6.07) is 0. The van der Waals surface area contributed by atoms with Crippen LogP contribution in [0.4, 0.5) is 11.5 Å². The van der Waals surface area contributed by atoms with E-state index in [1.165, 1.54) is 7.11 Å². The lowest BCUT2D eigenvalue weighted by atomic mass is 10.3. The SMILES string of the molecule is CCNc1nc(C2CC2)nc(OCCOC)c1[N+](=O)[O-]. The predicted octanol–water partition coefficient (Wildman–Crippen LogP) is 1.72. The molecule has 1 fully saturated rings. The molecule has 110 valence electrons. The number of anilines is 1. The van der Waals surface area contributed by atoms with Crippen molar-refractivity contribution in [2.75, 3.05) is 32.2 Å². The Balaban J connectivity index is 2.34. The van der Waals surface area contributed by atoms with Crippen LogP contribution in [0.15, 0.2) is 0 Å². The second-order valence-corrected chi connectivity index (χ2v) is 4.49. The molecular weight excluding hydrogens is 264 g/mol. The topological polar surface area (TPSA) is 99.4 Å². The maximum Gasteiger partial charge on any atom is 0.372 e. The van der Waals surface area contributed by atoms with Gasteiger partial charge in [0.05, 0.1) is 11.5 Å². The molecule has 0 bridgehead atoms. The Morgan fingerprint density at radius 3 is 2.70 bits per heavy atom. The Bertz CT molecular complexity index is 491. The average molecular weight is 282 g/mol. The quantitative estimate of drug-likeness (QED) is 0.440. The van der Waals surface area contributed by atoms with Gasteiger partial charge in [0.25, 0.3) is 5.88 Å². The molecule has 8 nitrogen and oxygen atoms in total. The highest BCUT2D eigenvalue weighted by Gasteiger charge is 2.32. The van der Waals surface area contributed by atoms with Gasteiger partial charge in [-0.05, 0) is 19.8 Å². The molecule has 1 heterocycles. The Hall–Kier alpha value is -1.96. The Morgan fingerprint density at radius 2 is 2.15 bits per heavy atom. The van der Waals surface area contributed by atoms with Crippen LogP contribution in [-0.4, -0.2) is 41.8 Å². The average Bonchev–Trinajstić information content (AvgIpc) is 3.23. The number of methoxy groups -OCH3 is 1. The van der Waals surface area contributed by atoms with Crippen LogP contribution in [0.25, 0.3) is 0 Å². The molecule has 0 aliphatic heterocycles. The Labute approximate surface area is 116 Å². The first-order valence-electron chi connectivity index (χ1n) is 6.59. The Kier molecular flexibility index (Phi) is 4.67. The number of nitro groups is 1. The van der Waals surface area contributed by atoms with E-state index in [1.54, 1.807) is 0 Å². The summed E-state index contributed by atoms with van der Waals surface area (Å²) in [5.41, 5.74) is -0.215. The van der Waals surface area contributed by atoms with Crippen LogP contribution in [0.1, 0.15) is 31.5 Å². The zero-order valence-corrected chi connectivity index (χ0v) is 11.6. The van der Waals surface area contributed by atoms with E-state index in [-0.39, 0.29) is 29.9 Å². The minimum Gasteiger partial charge on any atom is -0.470 e. The lowest BCUT2D eigenvalue weighted by Crippen LogP contribution is -2.12. The monoisotopic (exact) mass is 282 g/mol. The number of ether oxygens (including phenoxy) is 2. The Morgan fingerprint density at radius 1 is 1.40 bits per heavy atom. The molecule has 1 saturated carbocycles. The summed E-state index contributed by atoms with van der Waals surface area (Å²) in [5, 5.41) is 14.1. The first-order chi connectivity index (χ1) is 9.67. The number of nitrogens with one attached hydrogen (secondary N) is 1. The fraction of sp³-hybridized carbons (Fsp3) is 0.667. The van der Waals surface area contributed by atoms with E-state index in [2.05, 4.69) is 15.3 Å². The molecule has 0 atom stereocenters. The standard InChI is InChI=1S/C12H18N4O4/c1-3-13-11-9(16(17)18)12(20-7-6-19-2)15-10(14-11)8-4-5-8/h8H,3-7H2,1-2H3,(H,13,14,15). The van der Waals surface area contributed by atoms with Crippen LogP contribution in [0, 0.1) is 10.1 Å². The van der Waals surface area contributed by atoms with Gasteiger partial charge in [-0.25, -0.2) is 4.98 Å². The van der Waals surface area contributed by atoms with Crippen LogP contribution in [0.3, 0.4) is 0 Å². The molecule has 1 aliphatic carbocycles. The molecule has 0 unspecified atom stereocenters. The molecule has 20 heavy (non-hydrogen) atoms. The zero-order chi connectivity index (χ0) is 14.5. The number of rotatable bonds is 8. The van der Waals surface area contributed by atoms with Crippen molar-refractivity contribution >= 4 is 11.5 Å². The molecular formula is C12H18N4O4. The van der Waals surface area contributed by atoms with Gasteiger partial charge >= 0.3 is 5.69 Å². The minimum absolute atomic E-state index is 0.0138. The van der Waals surface area contributed by atoms with Gasteiger partial charge in [0.1, 0.15) is 12.4 Å². The highest BCUT2D eigenvalue weighted by Crippen LogP contribution is 2.41. The normalized spacial score (nSPS) is 14.1. The lowest BCUT2D eigenvalue weighted by Gasteiger charge is -2.10. The highest BCUT2D eigenvalue weighted by atomic mass is 16.6. The van der Waals surface area contributed by atoms with Crippen molar-refractivity contribution in [3.8, 4) is 5.88 Å². The van der Waals surface area contributed by atoms with E-state index in [0.29, 0.717) is 19.0 Å². The number of hydrogen-bond acceptors (Lipinski definition) is 7. The third-order valence-electron chi connectivity index (χ3n) is 2.86. The maximum atomic E-state index is 11.2. The minimum atomic E-state index is -0.517. The first kappa shape index (κ1) is 14.4. The van der Waals surface area contributed by atoms with Gasteiger partial charge in [-0.15, -0.1) is 0 Å². The van der Waals surface area contributed by atoms with Crippen molar-refractivity contribution < 1.29 is 14.4 Å². The summed E-state index contributed by atoms with van der Waals surface area (Å²) in [4.78, 5) is 19.2. The van der Waals surface area contributed by atoms with E-state index in [4.69, 9.17) is 9.47 Å². The third kappa shape index (κ3) is 3.32. The van der Waals surface area contributed by atoms with Gasteiger partial charge < -0.3 is 14.8 Å². The van der Waals surface area contributed by atoms with Gasteiger partial charge in [-0.3, -0.25) is 10.1 Å². The molecule has 1 N–H and O–H groups in total. The summed E-state index contributed by atoms with van der Waals surface area (Å²) in [7, 11) is 1.54. The maximum absolute atomic E-state index is 11.2. The molecule has 1 aromatic heterocycles. The molecule has 8 heteroatoms. The molecule has 1 aliphatic rings. The number of hydrogen-bond donors (Lipinski definition) is 1. The van der Waals surface area contributed by atoms with Crippen molar-refractivity contribution in [1.29, 1.82) is 0 Å². The summed E-state index contributed by atoms with van der Waals surface area (Å²) in [6.07, 6.45) is 2.03. The fourth-order valence-corrected chi connectivity index (χ4v) is 1.75. The van der Waals surface area contributed by atoms with Crippen molar-refractivity contribution in [3.63, 3.8) is 0 Å². The van der Waals surface area contributed by atoms with E-state index in [0.717, 1.165) is 12.8 Å². The number of nitrogens with zero attached hydrogens (tertiary/aromatic N) is 3. The van der Waals surface area contributed by atoms with Gasteiger partial charge in [0, 0.05) is 19.6 Å². The second kappa shape index (κ2) is 6.47. The smallest absolute Gasteiger partial charge is 0.372 e. The van der Waals surface area contributed by atoms with Gasteiger partial charge in [0.2, 0.25) is 5.82 Å². The predicted molar refractivity (Wildman–Crippen MR) is 72.2 cm³/mol. The summed E-state index contributed by atoms with van der Waals surface area (Å²) in [6.45, 7) is 2.95. The highest BCUT2D eigenvalue weighted by molar-refractivity contribution is 5.62. The summed E-state index contributed by atoms with van der Waals surface area (Å²) >= 11 is 0. The largest absolute Gasteiger partial charge is 0.470 e. The van der Waals surface area contributed by atoms with E-state index in [1.807, 2.05) is 6.92 Å². The third-order valence-corrected chi connectivity index (χ3v) is 2.86. The van der Waals surface area contributed by atoms with E-state index >= 15 is 0 Å². The number of aromatic nitrogens is 2. The molecule has 0 saturated heterocycles. The van der Waals surface area contributed by atoms with E-state index in [9.17, 15) is 10.1 Å². The molecule has 0 aromatic carbocycles. The molecule has 0 amide bonds. The van der Waals surface area contributed by atoms with Gasteiger partial charge in [-0.2, -0.15) is 4.98 Å². The molecule has 1 aromatic rings. The van der Waals surface area contributed by atoms with Crippen LogP contribution >= 0.6 is 0 Å². The second-order valence-electron chi connectivity index (χ2n) is 4.49. The van der Waals surface area contributed by atoms with Crippen LogP contribution in [0.2, 0.25) is 0 Å². The van der Waals surface area contributed by atoms with Crippen LogP contribution in [-0.2, 0) is 4.74 Å². The van der Waals surface area contributed by atoms with Crippen molar-refractivity contribution in [1.82, 2.24) is 9.97 Å². The van der Waals surface area contributed by atoms with E-state index < -0.39 is 4.92 Å². The van der Waals surface area contributed by atoms with Crippen molar-refractivity contribution in [2.24, 2.45) is 0 Å².